The molecule has 162 valence electrons. The minimum Gasteiger partial charge on any atom is -0.492 e. The van der Waals surface area contributed by atoms with Crippen molar-refractivity contribution in [2.24, 2.45) is 0 Å². The smallest absolute Gasteiger partial charge is 0.173 e. The third kappa shape index (κ3) is 6.97. The Bertz CT molecular complexity index is 791. The fourth-order valence-electron chi connectivity index (χ4n) is 3.52. The molecule has 0 aromatic heterocycles. The normalized spacial score (nSPS) is 14.3. The Labute approximate surface area is 186 Å². The highest BCUT2D eigenvalue weighted by atomic mass is 32.1. The van der Waals surface area contributed by atoms with E-state index in [0.717, 1.165) is 68.9 Å². The van der Waals surface area contributed by atoms with Crippen LogP contribution in [-0.4, -0.2) is 60.9 Å². The van der Waals surface area contributed by atoms with Crippen LogP contribution in [0.25, 0.3) is 0 Å². The summed E-state index contributed by atoms with van der Waals surface area (Å²) in [6.07, 6.45) is 1.06. The first kappa shape index (κ1) is 22.5. The molecule has 1 aliphatic rings. The molecule has 0 aliphatic carbocycles. The highest BCUT2D eigenvalue weighted by Crippen LogP contribution is 2.24. The maximum atomic E-state index is 5.82. The van der Waals surface area contributed by atoms with E-state index in [1.165, 1.54) is 11.1 Å². The van der Waals surface area contributed by atoms with Crippen molar-refractivity contribution in [1.82, 2.24) is 9.80 Å². The van der Waals surface area contributed by atoms with Gasteiger partial charge in [-0.15, -0.1) is 0 Å². The maximum absolute atomic E-state index is 5.82. The van der Waals surface area contributed by atoms with Crippen molar-refractivity contribution in [3.63, 3.8) is 0 Å². The predicted molar refractivity (Wildman–Crippen MR) is 127 cm³/mol. The van der Waals surface area contributed by atoms with E-state index in [0.29, 0.717) is 6.61 Å². The Morgan fingerprint density at radius 3 is 2.60 bits per heavy atom. The number of hydrogen-bond acceptors (Lipinski definition) is 4. The monoisotopic (exact) mass is 427 g/mol. The Morgan fingerprint density at radius 2 is 1.87 bits per heavy atom. The van der Waals surface area contributed by atoms with Gasteiger partial charge in [-0.2, -0.15) is 0 Å². The van der Waals surface area contributed by atoms with Crippen LogP contribution < -0.4 is 10.1 Å². The maximum Gasteiger partial charge on any atom is 0.173 e. The average molecular weight is 428 g/mol. The van der Waals surface area contributed by atoms with Gasteiger partial charge >= 0.3 is 0 Å². The molecule has 6 heteroatoms. The Balaban J connectivity index is 1.65. The van der Waals surface area contributed by atoms with Crippen LogP contribution in [0.3, 0.4) is 0 Å². The third-order valence-corrected chi connectivity index (χ3v) is 5.58. The Morgan fingerprint density at radius 1 is 1.13 bits per heavy atom. The lowest BCUT2D eigenvalue weighted by Crippen LogP contribution is -2.40. The number of anilines is 1. The van der Waals surface area contributed by atoms with Gasteiger partial charge in [0.2, 0.25) is 0 Å². The van der Waals surface area contributed by atoms with Crippen molar-refractivity contribution in [3.8, 4) is 5.75 Å². The van der Waals surface area contributed by atoms with E-state index in [2.05, 4.69) is 46.3 Å². The number of nitrogens with zero attached hydrogens (tertiary/aromatic N) is 2. The summed E-state index contributed by atoms with van der Waals surface area (Å²) in [6.45, 7) is 11.2. The van der Waals surface area contributed by atoms with Gasteiger partial charge in [0.05, 0.1) is 25.5 Å². The summed E-state index contributed by atoms with van der Waals surface area (Å²) in [5, 5.41) is 4.14. The van der Waals surface area contributed by atoms with Crippen LogP contribution in [0.5, 0.6) is 5.75 Å². The molecule has 5 nitrogen and oxygen atoms in total. The number of morpholine rings is 1. The number of benzene rings is 2. The number of ether oxygens (including phenoxy) is 2. The zero-order valence-electron chi connectivity index (χ0n) is 18.1. The van der Waals surface area contributed by atoms with Crippen molar-refractivity contribution in [3.05, 3.63) is 59.7 Å². The lowest BCUT2D eigenvalue weighted by molar-refractivity contribution is 0.0368. The summed E-state index contributed by atoms with van der Waals surface area (Å²) >= 11 is 5.82. The van der Waals surface area contributed by atoms with Gasteiger partial charge in [0.15, 0.2) is 5.11 Å². The first-order valence-corrected chi connectivity index (χ1v) is 11.2. The van der Waals surface area contributed by atoms with E-state index < -0.39 is 0 Å². The summed E-state index contributed by atoms with van der Waals surface area (Å²) in [4.78, 5) is 4.72. The van der Waals surface area contributed by atoms with Crippen molar-refractivity contribution >= 4 is 23.0 Å². The number of rotatable bonds is 9. The van der Waals surface area contributed by atoms with Crippen LogP contribution in [0.2, 0.25) is 0 Å². The van der Waals surface area contributed by atoms with Crippen LogP contribution in [0, 0.1) is 6.92 Å². The summed E-state index contributed by atoms with van der Waals surface area (Å²) in [6, 6.07) is 16.6. The molecule has 30 heavy (non-hydrogen) atoms. The molecule has 1 N–H and O–H groups in total. The largest absolute Gasteiger partial charge is 0.492 e. The number of nitrogens with one attached hydrogen (secondary N) is 1. The highest BCUT2D eigenvalue weighted by Gasteiger charge is 2.15. The van der Waals surface area contributed by atoms with Gasteiger partial charge < -0.3 is 19.7 Å². The van der Waals surface area contributed by atoms with E-state index in [1.807, 2.05) is 31.2 Å². The van der Waals surface area contributed by atoms with E-state index in [-0.39, 0.29) is 0 Å². The second kappa shape index (κ2) is 11.9. The molecule has 0 spiro atoms. The molecule has 0 saturated carbocycles. The van der Waals surface area contributed by atoms with Gasteiger partial charge in [-0.25, -0.2) is 0 Å². The zero-order valence-corrected chi connectivity index (χ0v) is 18.9. The van der Waals surface area contributed by atoms with E-state index in [9.17, 15) is 0 Å². The van der Waals surface area contributed by atoms with Crippen molar-refractivity contribution in [2.75, 3.05) is 51.3 Å². The van der Waals surface area contributed by atoms with Crippen LogP contribution in [-0.2, 0) is 11.3 Å². The molecular formula is C24H33N3O2S. The van der Waals surface area contributed by atoms with Crippen LogP contribution in [0.4, 0.5) is 5.69 Å². The lowest BCUT2D eigenvalue weighted by Gasteiger charge is -2.30. The van der Waals surface area contributed by atoms with Crippen molar-refractivity contribution in [2.45, 2.75) is 26.8 Å². The van der Waals surface area contributed by atoms with Crippen LogP contribution in [0.15, 0.2) is 48.5 Å². The quantitative estimate of drug-likeness (QED) is 0.601. The SMILES string of the molecule is CCOc1ccccc1NC(=S)N(CCCN1CCOCC1)Cc1ccc(C)cc1. The highest BCUT2D eigenvalue weighted by molar-refractivity contribution is 7.80. The molecule has 1 aliphatic heterocycles. The molecule has 1 saturated heterocycles. The van der Waals surface area contributed by atoms with Gasteiger partial charge in [0.1, 0.15) is 5.75 Å². The molecule has 0 bridgehead atoms. The second-order valence-electron chi connectivity index (χ2n) is 7.57. The number of para-hydroxylation sites is 2. The number of aryl methyl sites for hydroxylation is 1. The number of thiocarbonyl (C=S) groups is 1. The molecule has 0 radical (unpaired) electrons. The zero-order chi connectivity index (χ0) is 21.2. The summed E-state index contributed by atoms with van der Waals surface area (Å²) in [7, 11) is 0. The van der Waals surface area contributed by atoms with Gasteiger partial charge in [-0.05, 0) is 50.2 Å². The average Bonchev–Trinajstić information content (AvgIpc) is 2.77. The first-order chi connectivity index (χ1) is 14.7. The van der Waals surface area contributed by atoms with E-state index >= 15 is 0 Å². The van der Waals surface area contributed by atoms with Gasteiger partial charge in [-0.1, -0.05) is 42.0 Å². The fraction of sp³-hybridized carbons (Fsp3) is 0.458. The summed E-state index contributed by atoms with van der Waals surface area (Å²) < 4.78 is 11.2. The van der Waals surface area contributed by atoms with Crippen molar-refractivity contribution in [1.29, 1.82) is 0 Å². The standard InChI is InChI=1S/C24H33N3O2S/c1-3-29-23-8-5-4-7-22(23)25-24(30)27(19-21-11-9-20(2)10-12-21)14-6-13-26-15-17-28-18-16-26/h4-5,7-12H,3,6,13-19H2,1-2H3,(H,25,30). The molecule has 0 atom stereocenters. The molecule has 1 fully saturated rings. The van der Waals surface area contributed by atoms with Gasteiger partial charge in [-0.3, -0.25) is 4.90 Å². The fourth-order valence-corrected chi connectivity index (χ4v) is 3.79. The van der Waals surface area contributed by atoms with E-state index in [4.69, 9.17) is 21.7 Å². The predicted octanol–water partition coefficient (Wildman–Crippen LogP) is 4.32. The Kier molecular flexibility index (Phi) is 8.93. The van der Waals surface area contributed by atoms with Crippen LogP contribution in [0.1, 0.15) is 24.5 Å². The third-order valence-electron chi connectivity index (χ3n) is 5.22. The Hall–Kier alpha value is -2.15. The topological polar surface area (TPSA) is 37.0 Å². The number of hydrogen-bond donors (Lipinski definition) is 1. The van der Waals surface area contributed by atoms with Crippen LogP contribution >= 0.6 is 12.2 Å². The molecule has 1 heterocycles. The molecule has 0 unspecified atom stereocenters. The minimum absolute atomic E-state index is 0.623. The lowest BCUT2D eigenvalue weighted by atomic mass is 10.1. The first-order valence-electron chi connectivity index (χ1n) is 10.8. The summed E-state index contributed by atoms with van der Waals surface area (Å²) in [5.41, 5.74) is 3.43. The van der Waals surface area contributed by atoms with Gasteiger partial charge in [0.25, 0.3) is 0 Å². The molecular weight excluding hydrogens is 394 g/mol. The second-order valence-corrected chi connectivity index (χ2v) is 7.96. The molecule has 3 rings (SSSR count). The molecule has 0 amide bonds. The minimum atomic E-state index is 0.623. The summed E-state index contributed by atoms with van der Waals surface area (Å²) in [5.74, 6) is 0.825. The molecule has 2 aromatic carbocycles. The van der Waals surface area contributed by atoms with Crippen molar-refractivity contribution < 1.29 is 9.47 Å². The van der Waals surface area contributed by atoms with Gasteiger partial charge in [0, 0.05) is 32.7 Å². The molecule has 2 aromatic rings. The van der Waals surface area contributed by atoms with E-state index in [1.54, 1.807) is 0 Å².